The van der Waals surface area contributed by atoms with E-state index in [1.165, 1.54) is 13.2 Å². The smallest absolute Gasteiger partial charge is 0.341 e. The van der Waals surface area contributed by atoms with Crippen LogP contribution in [0, 0.1) is 5.82 Å². The van der Waals surface area contributed by atoms with Gasteiger partial charge < -0.3 is 14.6 Å². The molecule has 0 bridgehead atoms. The maximum absolute atomic E-state index is 14.5. The van der Waals surface area contributed by atoms with E-state index in [1.807, 2.05) is 54.3 Å². The van der Waals surface area contributed by atoms with Crippen molar-refractivity contribution in [2.45, 2.75) is 18.8 Å². The fraction of sp³-hybridized carbons (Fsp3) is 0.200. The highest BCUT2D eigenvalue weighted by molar-refractivity contribution is 5.99. The van der Waals surface area contributed by atoms with Crippen LogP contribution in [-0.4, -0.2) is 22.6 Å². The standard InChI is InChI=1S/C25H22FN3O2/c1-29-14-21(18-5-3-4-6-22(18)26)19-12-17(9-10-23(19)29)28-24-20(25(30)31-2)11-16(13-27-24)15-7-8-15/h3-6,9-15H,7-8H2,1-2H3,(H,27,28). The number of ether oxygens (including phenoxy) is 1. The SMILES string of the molecule is COC(=O)c1cc(C2CC2)cnc1Nc1ccc2c(c1)c(-c1ccccc1F)cn2C. The van der Waals surface area contributed by atoms with Crippen LogP contribution in [0.15, 0.2) is 60.9 Å². The van der Waals surface area contributed by atoms with Crippen molar-refractivity contribution in [2.75, 3.05) is 12.4 Å². The summed E-state index contributed by atoms with van der Waals surface area (Å²) in [6, 6.07) is 14.5. The molecule has 0 unspecified atom stereocenters. The molecule has 156 valence electrons. The number of hydrogen-bond donors (Lipinski definition) is 1. The van der Waals surface area contributed by atoms with E-state index in [1.54, 1.807) is 12.1 Å². The monoisotopic (exact) mass is 415 g/mol. The highest BCUT2D eigenvalue weighted by Gasteiger charge is 2.26. The Morgan fingerprint density at radius 3 is 2.71 bits per heavy atom. The summed E-state index contributed by atoms with van der Waals surface area (Å²) in [5, 5.41) is 4.16. The van der Waals surface area contributed by atoms with Gasteiger partial charge in [-0.2, -0.15) is 0 Å². The molecule has 31 heavy (non-hydrogen) atoms. The third-order valence-corrected chi connectivity index (χ3v) is 5.78. The van der Waals surface area contributed by atoms with Crippen LogP contribution in [0.3, 0.4) is 0 Å². The third-order valence-electron chi connectivity index (χ3n) is 5.78. The summed E-state index contributed by atoms with van der Waals surface area (Å²) in [4.78, 5) is 16.9. The number of hydrogen-bond acceptors (Lipinski definition) is 4. The summed E-state index contributed by atoms with van der Waals surface area (Å²) in [6.45, 7) is 0. The Morgan fingerprint density at radius 2 is 1.97 bits per heavy atom. The molecule has 1 saturated carbocycles. The number of nitrogens with zero attached hydrogens (tertiary/aromatic N) is 2. The van der Waals surface area contributed by atoms with Crippen molar-refractivity contribution in [3.05, 3.63) is 77.9 Å². The highest BCUT2D eigenvalue weighted by atomic mass is 19.1. The van der Waals surface area contributed by atoms with Crippen LogP contribution >= 0.6 is 0 Å². The molecule has 6 heteroatoms. The Kier molecular flexibility index (Phi) is 4.70. The van der Waals surface area contributed by atoms with Gasteiger partial charge in [0.15, 0.2) is 0 Å². The minimum absolute atomic E-state index is 0.265. The predicted octanol–water partition coefficient (Wildman–Crippen LogP) is 5.79. The van der Waals surface area contributed by atoms with Crippen LogP contribution in [0.1, 0.15) is 34.7 Å². The topological polar surface area (TPSA) is 56.1 Å². The summed E-state index contributed by atoms with van der Waals surface area (Å²) in [7, 11) is 3.31. The number of methoxy groups -OCH3 is 1. The molecule has 2 heterocycles. The largest absolute Gasteiger partial charge is 0.465 e. The van der Waals surface area contributed by atoms with E-state index in [9.17, 15) is 9.18 Å². The average Bonchev–Trinajstić information content (AvgIpc) is 3.58. The summed E-state index contributed by atoms with van der Waals surface area (Å²) >= 11 is 0. The summed E-state index contributed by atoms with van der Waals surface area (Å²) in [5.74, 6) is 0.233. The number of fused-ring (bicyclic) bond motifs is 1. The first-order chi connectivity index (χ1) is 15.0. The summed E-state index contributed by atoms with van der Waals surface area (Å²) in [6.07, 6.45) is 5.99. The van der Waals surface area contributed by atoms with E-state index in [-0.39, 0.29) is 5.82 Å². The molecule has 1 aliphatic carbocycles. The normalized spacial score (nSPS) is 13.4. The number of aryl methyl sites for hydroxylation is 1. The maximum atomic E-state index is 14.5. The second-order valence-electron chi connectivity index (χ2n) is 7.92. The lowest BCUT2D eigenvalue weighted by atomic mass is 10.0. The molecule has 0 saturated heterocycles. The van der Waals surface area contributed by atoms with Crippen molar-refractivity contribution in [1.29, 1.82) is 0 Å². The quantitative estimate of drug-likeness (QED) is 0.419. The number of pyridine rings is 1. The van der Waals surface area contributed by atoms with Crippen LogP contribution in [0.2, 0.25) is 0 Å². The van der Waals surface area contributed by atoms with Crippen molar-refractivity contribution in [2.24, 2.45) is 7.05 Å². The number of carbonyl (C=O) groups is 1. The van der Waals surface area contributed by atoms with Gasteiger partial charge in [0.25, 0.3) is 0 Å². The zero-order valence-corrected chi connectivity index (χ0v) is 17.4. The second kappa shape index (κ2) is 7.54. The van der Waals surface area contributed by atoms with Gasteiger partial charge >= 0.3 is 5.97 Å². The maximum Gasteiger partial charge on any atom is 0.341 e. The van der Waals surface area contributed by atoms with Gasteiger partial charge in [-0.05, 0) is 54.7 Å². The van der Waals surface area contributed by atoms with Crippen molar-refractivity contribution in [3.63, 3.8) is 0 Å². The van der Waals surface area contributed by atoms with Gasteiger partial charge in [0.2, 0.25) is 0 Å². The van der Waals surface area contributed by atoms with Gasteiger partial charge in [0.05, 0.1) is 7.11 Å². The zero-order chi connectivity index (χ0) is 21.5. The fourth-order valence-electron chi connectivity index (χ4n) is 3.99. The Balaban J connectivity index is 1.57. The number of benzene rings is 2. The van der Waals surface area contributed by atoms with Crippen molar-refractivity contribution in [1.82, 2.24) is 9.55 Å². The van der Waals surface area contributed by atoms with E-state index >= 15 is 0 Å². The van der Waals surface area contributed by atoms with Gasteiger partial charge in [-0.15, -0.1) is 0 Å². The Bertz CT molecular complexity index is 1310. The predicted molar refractivity (Wildman–Crippen MR) is 119 cm³/mol. The lowest BCUT2D eigenvalue weighted by Gasteiger charge is -2.12. The fourth-order valence-corrected chi connectivity index (χ4v) is 3.99. The first-order valence-electron chi connectivity index (χ1n) is 10.2. The van der Waals surface area contributed by atoms with E-state index in [0.717, 1.165) is 40.6 Å². The lowest BCUT2D eigenvalue weighted by Crippen LogP contribution is -2.08. The van der Waals surface area contributed by atoms with Gasteiger partial charge in [0, 0.05) is 47.2 Å². The Morgan fingerprint density at radius 1 is 1.16 bits per heavy atom. The van der Waals surface area contributed by atoms with Crippen molar-refractivity contribution in [3.8, 4) is 11.1 Å². The molecular weight excluding hydrogens is 393 g/mol. The Hall–Kier alpha value is -3.67. The number of aromatic nitrogens is 2. The molecule has 0 spiro atoms. The first kappa shape index (κ1) is 19.3. The molecule has 0 radical (unpaired) electrons. The molecule has 1 fully saturated rings. The number of nitrogens with one attached hydrogen (secondary N) is 1. The lowest BCUT2D eigenvalue weighted by molar-refractivity contribution is 0.0601. The van der Waals surface area contributed by atoms with Crippen LogP contribution in [-0.2, 0) is 11.8 Å². The number of carbonyl (C=O) groups excluding carboxylic acids is 1. The van der Waals surface area contributed by atoms with Crippen molar-refractivity contribution < 1.29 is 13.9 Å². The molecule has 5 nitrogen and oxygen atoms in total. The van der Waals surface area contributed by atoms with Crippen LogP contribution < -0.4 is 5.32 Å². The van der Waals surface area contributed by atoms with E-state index in [4.69, 9.17) is 4.74 Å². The van der Waals surface area contributed by atoms with E-state index < -0.39 is 5.97 Å². The van der Waals surface area contributed by atoms with E-state index in [0.29, 0.717) is 22.9 Å². The minimum atomic E-state index is -0.426. The molecular formula is C25H22FN3O2. The third kappa shape index (κ3) is 3.54. The van der Waals surface area contributed by atoms with Gasteiger partial charge in [-0.1, -0.05) is 18.2 Å². The number of esters is 1. The molecule has 4 aromatic rings. The highest BCUT2D eigenvalue weighted by Crippen LogP contribution is 2.41. The zero-order valence-electron chi connectivity index (χ0n) is 17.4. The van der Waals surface area contributed by atoms with Crippen LogP contribution in [0.5, 0.6) is 0 Å². The van der Waals surface area contributed by atoms with Crippen LogP contribution in [0.4, 0.5) is 15.9 Å². The number of rotatable bonds is 5. The van der Waals surface area contributed by atoms with Gasteiger partial charge in [-0.3, -0.25) is 0 Å². The molecule has 2 aromatic heterocycles. The van der Waals surface area contributed by atoms with Crippen LogP contribution in [0.25, 0.3) is 22.0 Å². The molecule has 0 atom stereocenters. The Labute approximate surface area is 179 Å². The summed E-state index contributed by atoms with van der Waals surface area (Å²) < 4.78 is 21.4. The van der Waals surface area contributed by atoms with Gasteiger partial charge in [-0.25, -0.2) is 14.2 Å². The van der Waals surface area contributed by atoms with Crippen molar-refractivity contribution >= 4 is 28.4 Å². The minimum Gasteiger partial charge on any atom is -0.465 e. The van der Waals surface area contributed by atoms with E-state index in [2.05, 4.69) is 10.3 Å². The molecule has 1 aliphatic rings. The first-order valence-corrected chi connectivity index (χ1v) is 10.2. The second-order valence-corrected chi connectivity index (χ2v) is 7.92. The molecule has 0 aliphatic heterocycles. The molecule has 1 N–H and O–H groups in total. The van der Waals surface area contributed by atoms with Gasteiger partial charge in [0.1, 0.15) is 17.2 Å². The molecule has 2 aromatic carbocycles. The summed E-state index contributed by atoms with van der Waals surface area (Å²) in [5.41, 5.74) is 4.57. The number of halogens is 1. The molecule has 0 amide bonds. The number of anilines is 2. The molecule has 5 rings (SSSR count). The average molecular weight is 415 g/mol.